The van der Waals surface area contributed by atoms with Crippen LogP contribution in [0.3, 0.4) is 0 Å². The summed E-state index contributed by atoms with van der Waals surface area (Å²) in [5.41, 5.74) is 7.35. The number of benzene rings is 1. The first-order valence-corrected chi connectivity index (χ1v) is 10.3. The summed E-state index contributed by atoms with van der Waals surface area (Å²) < 4.78 is 0. The van der Waals surface area contributed by atoms with Gasteiger partial charge in [0.2, 0.25) is 11.9 Å². The fraction of sp³-hybridized carbons (Fsp3) is 0.526. The van der Waals surface area contributed by atoms with Crippen LogP contribution in [0.1, 0.15) is 36.4 Å². The molecule has 0 spiro atoms. The Morgan fingerprint density at radius 1 is 1.07 bits per heavy atom. The minimum atomic E-state index is 0. The lowest BCUT2D eigenvalue weighted by Gasteiger charge is -2.32. The number of rotatable bonds is 7. The normalized spacial score (nSPS) is 16.0. The molecule has 27 heavy (non-hydrogen) atoms. The van der Waals surface area contributed by atoms with Crippen molar-refractivity contribution in [2.75, 3.05) is 43.9 Å². The van der Waals surface area contributed by atoms with Gasteiger partial charge in [0.1, 0.15) is 5.82 Å². The number of nitrogen functional groups attached to an aromatic ring is 1. The van der Waals surface area contributed by atoms with Crippen molar-refractivity contribution in [3.05, 3.63) is 41.7 Å². The van der Waals surface area contributed by atoms with Gasteiger partial charge in [0, 0.05) is 31.9 Å². The molecule has 0 saturated carbocycles. The Hall–Kier alpha value is -1.57. The lowest BCUT2D eigenvalue weighted by atomic mass is 10.2. The van der Waals surface area contributed by atoms with Crippen LogP contribution in [0.5, 0.6) is 0 Å². The predicted octanol–water partition coefficient (Wildman–Crippen LogP) is 3.40. The van der Waals surface area contributed by atoms with E-state index in [1.54, 1.807) is 0 Å². The number of hydrogen-bond donors (Lipinski definition) is 1. The van der Waals surface area contributed by atoms with E-state index in [4.69, 9.17) is 10.7 Å². The molecular weight excluding hydrogens is 380 g/mol. The molecule has 2 aromatic rings. The monoisotopic (exact) mass is 408 g/mol. The zero-order valence-electron chi connectivity index (χ0n) is 16.0. The molecule has 1 unspecified atom stereocenters. The molecule has 1 aliphatic heterocycles. The predicted molar refractivity (Wildman–Crippen MR) is 117 cm³/mol. The molecule has 1 fully saturated rings. The maximum atomic E-state index is 6.03. The van der Waals surface area contributed by atoms with Gasteiger partial charge in [-0.05, 0) is 19.0 Å². The number of likely N-dealkylation sites (N-methyl/N-ethyl adjacent to an activating group) is 1. The van der Waals surface area contributed by atoms with Crippen molar-refractivity contribution in [1.29, 1.82) is 0 Å². The van der Waals surface area contributed by atoms with Gasteiger partial charge in [0.25, 0.3) is 0 Å². The summed E-state index contributed by atoms with van der Waals surface area (Å²) in [6.07, 6.45) is 2.12. The third kappa shape index (κ3) is 6.23. The SMILES string of the molecule is CCCC(SCc1ccccc1)c1nc(N)nc(N2CCN(C)CC2)n1.Cl. The molecule has 2 heterocycles. The second kappa shape index (κ2) is 10.7. The van der Waals surface area contributed by atoms with E-state index in [0.29, 0.717) is 5.95 Å². The van der Waals surface area contributed by atoms with Gasteiger partial charge in [0.05, 0.1) is 5.25 Å². The number of thioether (sulfide) groups is 1. The highest BCUT2D eigenvalue weighted by molar-refractivity contribution is 7.98. The van der Waals surface area contributed by atoms with Crippen LogP contribution in [0.25, 0.3) is 0 Å². The molecule has 0 radical (unpaired) electrons. The van der Waals surface area contributed by atoms with Gasteiger partial charge in [-0.1, -0.05) is 43.7 Å². The van der Waals surface area contributed by atoms with Gasteiger partial charge in [-0.3, -0.25) is 0 Å². The fourth-order valence-electron chi connectivity index (χ4n) is 3.01. The second-order valence-electron chi connectivity index (χ2n) is 6.72. The van der Waals surface area contributed by atoms with Crippen molar-refractivity contribution < 1.29 is 0 Å². The molecular formula is C19H29ClN6S. The highest BCUT2D eigenvalue weighted by Crippen LogP contribution is 2.34. The van der Waals surface area contributed by atoms with Crippen molar-refractivity contribution in [3.8, 4) is 0 Å². The average Bonchev–Trinajstić information content (AvgIpc) is 2.66. The van der Waals surface area contributed by atoms with E-state index >= 15 is 0 Å². The molecule has 0 bridgehead atoms. The van der Waals surface area contributed by atoms with Crippen molar-refractivity contribution in [2.45, 2.75) is 30.8 Å². The Balaban J connectivity index is 0.00000261. The molecule has 8 heteroatoms. The topological polar surface area (TPSA) is 71.2 Å². The largest absolute Gasteiger partial charge is 0.368 e. The van der Waals surface area contributed by atoms with Crippen molar-refractivity contribution in [1.82, 2.24) is 19.9 Å². The van der Waals surface area contributed by atoms with Crippen LogP contribution in [-0.2, 0) is 5.75 Å². The summed E-state index contributed by atoms with van der Waals surface area (Å²) in [6.45, 7) is 6.08. The van der Waals surface area contributed by atoms with E-state index < -0.39 is 0 Å². The minimum Gasteiger partial charge on any atom is -0.368 e. The van der Waals surface area contributed by atoms with E-state index in [2.05, 4.69) is 58.0 Å². The Morgan fingerprint density at radius 3 is 2.44 bits per heavy atom. The van der Waals surface area contributed by atoms with Gasteiger partial charge in [0.15, 0.2) is 0 Å². The van der Waals surface area contributed by atoms with Crippen LogP contribution in [0, 0.1) is 0 Å². The lowest BCUT2D eigenvalue weighted by molar-refractivity contribution is 0.311. The molecule has 148 valence electrons. The van der Waals surface area contributed by atoms with E-state index in [-0.39, 0.29) is 17.7 Å². The quantitative estimate of drug-likeness (QED) is 0.752. The van der Waals surface area contributed by atoms with E-state index in [0.717, 1.165) is 56.5 Å². The molecule has 3 rings (SSSR count). The summed E-state index contributed by atoms with van der Waals surface area (Å²) in [7, 11) is 2.14. The van der Waals surface area contributed by atoms with Crippen molar-refractivity contribution in [2.24, 2.45) is 0 Å². The Morgan fingerprint density at radius 2 is 1.78 bits per heavy atom. The Kier molecular flexibility index (Phi) is 8.60. The number of anilines is 2. The van der Waals surface area contributed by atoms with Crippen LogP contribution in [0.4, 0.5) is 11.9 Å². The highest BCUT2D eigenvalue weighted by Gasteiger charge is 2.21. The van der Waals surface area contributed by atoms with Gasteiger partial charge in [-0.15, -0.1) is 24.2 Å². The summed E-state index contributed by atoms with van der Waals surface area (Å²) in [4.78, 5) is 18.2. The molecule has 1 atom stereocenters. The number of hydrogen-bond acceptors (Lipinski definition) is 7. The summed E-state index contributed by atoms with van der Waals surface area (Å²) in [5, 5.41) is 0.233. The number of halogens is 1. The Labute approximate surface area is 172 Å². The van der Waals surface area contributed by atoms with Gasteiger partial charge < -0.3 is 15.5 Å². The van der Waals surface area contributed by atoms with E-state index in [1.165, 1.54) is 5.56 Å². The molecule has 1 saturated heterocycles. The zero-order valence-corrected chi connectivity index (χ0v) is 17.7. The standard InChI is InChI=1S/C19H28N6S.ClH/c1-3-7-16(26-14-15-8-5-4-6-9-15)17-21-18(20)23-19(22-17)25-12-10-24(2)11-13-25;/h4-6,8-9,16H,3,7,10-14H2,1-2H3,(H2,20,21,22,23);1H. The molecule has 2 N–H and O–H groups in total. The molecule has 1 aromatic heterocycles. The van der Waals surface area contributed by atoms with Crippen LogP contribution in [0.15, 0.2) is 30.3 Å². The minimum absolute atomic E-state index is 0. The summed E-state index contributed by atoms with van der Waals surface area (Å²) >= 11 is 1.88. The van der Waals surface area contributed by atoms with Crippen molar-refractivity contribution in [3.63, 3.8) is 0 Å². The smallest absolute Gasteiger partial charge is 0.230 e. The number of nitrogens with zero attached hydrogens (tertiary/aromatic N) is 5. The van der Waals surface area contributed by atoms with Crippen LogP contribution in [0.2, 0.25) is 0 Å². The average molecular weight is 409 g/mol. The molecule has 1 aliphatic rings. The third-order valence-corrected chi connectivity index (χ3v) is 5.93. The van der Waals surface area contributed by atoms with Gasteiger partial charge in [-0.2, -0.15) is 15.0 Å². The van der Waals surface area contributed by atoms with Gasteiger partial charge >= 0.3 is 0 Å². The van der Waals surface area contributed by atoms with E-state index in [1.807, 2.05) is 17.8 Å². The van der Waals surface area contributed by atoms with Crippen LogP contribution >= 0.6 is 24.2 Å². The number of aromatic nitrogens is 3. The zero-order chi connectivity index (χ0) is 18.4. The highest BCUT2D eigenvalue weighted by atomic mass is 35.5. The number of nitrogens with two attached hydrogens (primary N) is 1. The first kappa shape index (κ1) is 21.7. The molecule has 0 aliphatic carbocycles. The molecule has 1 aromatic carbocycles. The molecule has 6 nitrogen and oxygen atoms in total. The third-order valence-electron chi connectivity index (χ3n) is 4.58. The summed E-state index contributed by atoms with van der Waals surface area (Å²) in [6, 6.07) is 10.5. The van der Waals surface area contributed by atoms with Crippen LogP contribution < -0.4 is 10.6 Å². The maximum absolute atomic E-state index is 6.03. The first-order valence-electron chi connectivity index (χ1n) is 9.26. The van der Waals surface area contributed by atoms with E-state index in [9.17, 15) is 0 Å². The van der Waals surface area contributed by atoms with Gasteiger partial charge in [-0.25, -0.2) is 0 Å². The molecule has 0 amide bonds. The first-order chi connectivity index (χ1) is 12.7. The number of piperazine rings is 1. The lowest BCUT2D eigenvalue weighted by Crippen LogP contribution is -2.45. The second-order valence-corrected chi connectivity index (χ2v) is 7.91. The maximum Gasteiger partial charge on any atom is 0.230 e. The van der Waals surface area contributed by atoms with Crippen LogP contribution in [-0.4, -0.2) is 53.1 Å². The summed E-state index contributed by atoms with van der Waals surface area (Å²) in [5.74, 6) is 2.81. The van der Waals surface area contributed by atoms with Crippen molar-refractivity contribution >= 4 is 36.1 Å². The Bertz CT molecular complexity index is 694. The fourth-order valence-corrected chi connectivity index (χ4v) is 4.25.